The SMILES string of the molecule is COC(=O)[C@@H](NC(=O)[C@H](CC(C)C)NC(=O)[C@H](CO)NC(=O)Nc1ccccc1)C(C)C. The highest BCUT2D eigenvalue weighted by atomic mass is 16.5. The van der Waals surface area contributed by atoms with Crippen LogP contribution < -0.4 is 21.3 Å². The van der Waals surface area contributed by atoms with E-state index >= 15 is 0 Å². The molecule has 0 unspecified atom stereocenters. The number of hydrogen-bond donors (Lipinski definition) is 5. The van der Waals surface area contributed by atoms with Crippen molar-refractivity contribution in [2.75, 3.05) is 19.0 Å². The van der Waals surface area contributed by atoms with E-state index in [1.165, 1.54) is 7.11 Å². The van der Waals surface area contributed by atoms with Crippen LogP contribution in [0.5, 0.6) is 0 Å². The summed E-state index contributed by atoms with van der Waals surface area (Å²) < 4.78 is 4.74. The summed E-state index contributed by atoms with van der Waals surface area (Å²) in [4.78, 5) is 49.6. The van der Waals surface area contributed by atoms with E-state index in [1.54, 1.807) is 44.2 Å². The molecular weight excluding hydrogens is 416 g/mol. The third-order valence-corrected chi connectivity index (χ3v) is 4.60. The van der Waals surface area contributed by atoms with Gasteiger partial charge in [-0.05, 0) is 30.4 Å². The Morgan fingerprint density at radius 2 is 1.50 bits per heavy atom. The lowest BCUT2D eigenvalue weighted by molar-refractivity contribution is -0.146. The monoisotopic (exact) mass is 450 g/mol. The summed E-state index contributed by atoms with van der Waals surface area (Å²) in [6.07, 6.45) is 0.290. The molecule has 0 radical (unpaired) electrons. The maximum Gasteiger partial charge on any atom is 0.328 e. The van der Waals surface area contributed by atoms with E-state index in [4.69, 9.17) is 4.74 Å². The van der Waals surface area contributed by atoms with E-state index in [2.05, 4.69) is 21.3 Å². The van der Waals surface area contributed by atoms with Gasteiger partial charge in [0.25, 0.3) is 0 Å². The minimum Gasteiger partial charge on any atom is -0.467 e. The summed E-state index contributed by atoms with van der Waals surface area (Å²) in [6.45, 7) is 6.61. The summed E-state index contributed by atoms with van der Waals surface area (Å²) in [5.74, 6) is -2.05. The Bertz CT molecular complexity index is 769. The normalized spacial score (nSPS) is 13.6. The number of rotatable bonds is 11. The van der Waals surface area contributed by atoms with Crippen molar-refractivity contribution >= 4 is 29.5 Å². The molecule has 0 saturated heterocycles. The van der Waals surface area contributed by atoms with Gasteiger partial charge < -0.3 is 31.1 Å². The second-order valence-electron chi connectivity index (χ2n) is 8.14. The molecule has 0 aliphatic carbocycles. The van der Waals surface area contributed by atoms with E-state index in [1.807, 2.05) is 13.8 Å². The van der Waals surface area contributed by atoms with Gasteiger partial charge in [0.05, 0.1) is 13.7 Å². The van der Waals surface area contributed by atoms with Crippen LogP contribution in [0.1, 0.15) is 34.1 Å². The molecule has 1 aromatic carbocycles. The van der Waals surface area contributed by atoms with Crippen LogP contribution in [-0.2, 0) is 19.1 Å². The Kier molecular flexibility index (Phi) is 11.2. The number of urea groups is 1. The molecule has 0 saturated carbocycles. The fourth-order valence-electron chi connectivity index (χ4n) is 2.89. The zero-order valence-electron chi connectivity index (χ0n) is 19.2. The first-order valence-electron chi connectivity index (χ1n) is 10.5. The molecule has 0 aliphatic rings. The van der Waals surface area contributed by atoms with Gasteiger partial charge in [-0.2, -0.15) is 0 Å². The van der Waals surface area contributed by atoms with Crippen LogP contribution in [0.15, 0.2) is 30.3 Å². The Labute approximate surface area is 188 Å². The second kappa shape index (κ2) is 13.3. The third kappa shape index (κ3) is 8.93. The number of ether oxygens (including phenoxy) is 1. The van der Waals surface area contributed by atoms with Gasteiger partial charge in [-0.1, -0.05) is 45.9 Å². The topological polar surface area (TPSA) is 146 Å². The molecule has 1 rings (SSSR count). The zero-order chi connectivity index (χ0) is 24.3. The molecule has 0 aromatic heterocycles. The van der Waals surface area contributed by atoms with Gasteiger partial charge in [0.2, 0.25) is 11.8 Å². The number of esters is 1. The number of benzene rings is 1. The van der Waals surface area contributed by atoms with E-state index in [-0.39, 0.29) is 18.3 Å². The van der Waals surface area contributed by atoms with Crippen LogP contribution in [0.25, 0.3) is 0 Å². The van der Waals surface area contributed by atoms with E-state index < -0.39 is 48.5 Å². The lowest BCUT2D eigenvalue weighted by Gasteiger charge is -2.26. The highest BCUT2D eigenvalue weighted by molar-refractivity contribution is 5.96. The molecular formula is C22H34N4O6. The Balaban J connectivity index is 2.84. The quantitative estimate of drug-likeness (QED) is 0.318. The van der Waals surface area contributed by atoms with Crippen LogP contribution in [0.3, 0.4) is 0 Å². The molecule has 1 aromatic rings. The molecule has 10 heteroatoms. The molecule has 0 heterocycles. The maximum atomic E-state index is 12.8. The van der Waals surface area contributed by atoms with Crippen LogP contribution in [0.2, 0.25) is 0 Å². The number of methoxy groups -OCH3 is 1. The van der Waals surface area contributed by atoms with Gasteiger partial charge in [-0.25, -0.2) is 9.59 Å². The molecule has 4 amide bonds. The Morgan fingerprint density at radius 3 is 2.00 bits per heavy atom. The minimum absolute atomic E-state index is 0.0450. The first-order chi connectivity index (χ1) is 15.1. The van der Waals surface area contributed by atoms with Gasteiger partial charge in [-0.15, -0.1) is 0 Å². The number of anilines is 1. The molecule has 3 atom stereocenters. The lowest BCUT2D eigenvalue weighted by atomic mass is 10.00. The highest BCUT2D eigenvalue weighted by Crippen LogP contribution is 2.09. The van der Waals surface area contributed by atoms with Gasteiger partial charge in [-0.3, -0.25) is 9.59 Å². The fraction of sp³-hybridized carbons (Fsp3) is 0.545. The number of aliphatic hydroxyl groups is 1. The highest BCUT2D eigenvalue weighted by Gasteiger charge is 2.31. The minimum atomic E-state index is -1.28. The van der Waals surface area contributed by atoms with Crippen molar-refractivity contribution in [1.29, 1.82) is 0 Å². The van der Waals surface area contributed by atoms with Crippen molar-refractivity contribution in [1.82, 2.24) is 16.0 Å². The molecule has 5 N–H and O–H groups in total. The van der Waals surface area contributed by atoms with E-state index in [0.29, 0.717) is 5.69 Å². The Hall–Kier alpha value is -3.14. The van der Waals surface area contributed by atoms with Crippen molar-refractivity contribution in [3.05, 3.63) is 30.3 Å². The molecule has 0 spiro atoms. The van der Waals surface area contributed by atoms with Crippen LogP contribution >= 0.6 is 0 Å². The molecule has 0 aliphatic heterocycles. The number of aliphatic hydroxyl groups excluding tert-OH is 1. The van der Waals surface area contributed by atoms with Crippen molar-refractivity contribution < 1.29 is 29.0 Å². The van der Waals surface area contributed by atoms with Crippen LogP contribution in [0.4, 0.5) is 10.5 Å². The molecule has 178 valence electrons. The average molecular weight is 451 g/mol. The fourth-order valence-corrected chi connectivity index (χ4v) is 2.89. The summed E-state index contributed by atoms with van der Waals surface area (Å²) in [5.41, 5.74) is 0.515. The predicted octanol–water partition coefficient (Wildman–Crippen LogP) is 1.01. The van der Waals surface area contributed by atoms with Crippen molar-refractivity contribution in [2.45, 2.75) is 52.2 Å². The smallest absolute Gasteiger partial charge is 0.328 e. The van der Waals surface area contributed by atoms with E-state index in [9.17, 15) is 24.3 Å². The van der Waals surface area contributed by atoms with Gasteiger partial charge in [0.15, 0.2) is 0 Å². The number of amides is 4. The van der Waals surface area contributed by atoms with Crippen molar-refractivity contribution in [3.8, 4) is 0 Å². The Morgan fingerprint density at radius 1 is 0.906 bits per heavy atom. The van der Waals surface area contributed by atoms with Crippen molar-refractivity contribution in [3.63, 3.8) is 0 Å². The number of carbonyl (C=O) groups is 4. The standard InChI is InChI=1S/C22H34N4O6/c1-13(2)11-16(19(28)26-18(14(3)4)21(30)32-5)24-20(29)17(12-27)25-22(31)23-15-9-7-6-8-10-15/h6-10,13-14,16-18,27H,11-12H2,1-5H3,(H,24,29)(H,26,28)(H2,23,25,31)/t16-,17-,18-/m0/s1. The lowest BCUT2D eigenvalue weighted by Crippen LogP contribution is -2.57. The summed E-state index contributed by atoms with van der Waals surface area (Å²) in [5, 5.41) is 19.7. The van der Waals surface area contributed by atoms with Gasteiger partial charge >= 0.3 is 12.0 Å². The van der Waals surface area contributed by atoms with Crippen LogP contribution in [0, 0.1) is 11.8 Å². The largest absolute Gasteiger partial charge is 0.467 e. The number of carbonyl (C=O) groups excluding carboxylic acids is 4. The summed E-state index contributed by atoms with van der Waals surface area (Å²) in [6, 6.07) is 4.80. The van der Waals surface area contributed by atoms with Crippen LogP contribution in [-0.4, -0.2) is 60.8 Å². The number of hydrogen-bond acceptors (Lipinski definition) is 6. The first-order valence-corrected chi connectivity index (χ1v) is 10.5. The molecule has 0 bridgehead atoms. The molecule has 0 fully saturated rings. The second-order valence-corrected chi connectivity index (χ2v) is 8.14. The summed E-state index contributed by atoms with van der Waals surface area (Å²) in [7, 11) is 1.23. The summed E-state index contributed by atoms with van der Waals surface area (Å²) >= 11 is 0. The van der Waals surface area contributed by atoms with E-state index in [0.717, 1.165) is 0 Å². The molecule has 10 nitrogen and oxygen atoms in total. The van der Waals surface area contributed by atoms with Gasteiger partial charge in [0.1, 0.15) is 18.1 Å². The zero-order valence-corrected chi connectivity index (χ0v) is 19.2. The van der Waals surface area contributed by atoms with Gasteiger partial charge in [0, 0.05) is 5.69 Å². The molecule has 32 heavy (non-hydrogen) atoms. The third-order valence-electron chi connectivity index (χ3n) is 4.60. The first kappa shape index (κ1) is 26.9. The maximum absolute atomic E-state index is 12.8. The number of nitrogens with one attached hydrogen (secondary N) is 4. The predicted molar refractivity (Wildman–Crippen MR) is 120 cm³/mol. The average Bonchev–Trinajstić information content (AvgIpc) is 2.74. The number of para-hydroxylation sites is 1. The van der Waals surface area contributed by atoms with Crippen molar-refractivity contribution in [2.24, 2.45) is 11.8 Å².